The number of halogens is 1. The lowest BCUT2D eigenvalue weighted by atomic mass is 10.1. The van der Waals surface area contributed by atoms with E-state index in [0.717, 1.165) is 5.56 Å². The minimum absolute atomic E-state index is 0.0357. The zero-order chi connectivity index (χ0) is 13.4. The molecule has 0 unspecified atom stereocenters. The highest BCUT2D eigenvalue weighted by atomic mass is 79.9. The van der Waals surface area contributed by atoms with Crippen LogP contribution in [-0.2, 0) is 0 Å². The third-order valence-electron chi connectivity index (χ3n) is 2.61. The van der Waals surface area contributed by atoms with Crippen molar-refractivity contribution >= 4 is 33.2 Å². The van der Waals surface area contributed by atoms with Crippen LogP contribution in [0.2, 0.25) is 0 Å². The van der Waals surface area contributed by atoms with Crippen LogP contribution in [0.4, 0.5) is 0 Å². The van der Waals surface area contributed by atoms with Crippen molar-refractivity contribution in [1.29, 1.82) is 0 Å². The first-order chi connectivity index (χ1) is 9.15. The lowest BCUT2D eigenvalue weighted by Gasteiger charge is -2.18. The van der Waals surface area contributed by atoms with E-state index in [1.807, 2.05) is 0 Å². The molecule has 1 aliphatic heterocycles. The molecule has 0 radical (unpaired) electrons. The molecule has 1 aromatic carbocycles. The number of carboxylic acids is 1. The number of hydrogen-bond donors (Lipinski definition) is 1. The number of benzene rings is 1. The molecular formula is C12H8BrNO4S. The van der Waals surface area contributed by atoms with E-state index in [1.54, 1.807) is 18.2 Å². The van der Waals surface area contributed by atoms with Gasteiger partial charge in [0.2, 0.25) is 0 Å². The third kappa shape index (κ3) is 2.31. The summed E-state index contributed by atoms with van der Waals surface area (Å²) < 4.78 is 11.5. The number of aromatic nitrogens is 1. The van der Waals surface area contributed by atoms with E-state index in [2.05, 4.69) is 20.9 Å². The molecule has 0 spiro atoms. The topological polar surface area (TPSA) is 68.7 Å². The standard InChI is InChI=1S/C12H8BrNO4S/c13-12-14-9(11(15)16)10(19-12)6-1-2-7-8(5-6)18-4-3-17-7/h1-2,5H,3-4H2,(H,15,16). The minimum Gasteiger partial charge on any atom is -0.486 e. The zero-order valence-corrected chi connectivity index (χ0v) is 12.0. The highest BCUT2D eigenvalue weighted by Gasteiger charge is 2.20. The predicted octanol–water partition coefficient (Wildman–Crippen LogP) is 3.04. The van der Waals surface area contributed by atoms with Crippen LogP contribution in [0.3, 0.4) is 0 Å². The fourth-order valence-electron chi connectivity index (χ4n) is 1.82. The predicted molar refractivity (Wildman–Crippen MR) is 73.2 cm³/mol. The fourth-order valence-corrected chi connectivity index (χ4v) is 3.26. The Kier molecular flexibility index (Phi) is 3.16. The average Bonchev–Trinajstić information content (AvgIpc) is 2.80. The van der Waals surface area contributed by atoms with Gasteiger partial charge < -0.3 is 14.6 Å². The van der Waals surface area contributed by atoms with Crippen LogP contribution >= 0.6 is 27.3 Å². The summed E-state index contributed by atoms with van der Waals surface area (Å²) in [4.78, 5) is 15.7. The van der Waals surface area contributed by atoms with Crippen molar-refractivity contribution in [2.24, 2.45) is 0 Å². The Balaban J connectivity index is 2.09. The summed E-state index contributed by atoms with van der Waals surface area (Å²) in [6, 6.07) is 5.36. The van der Waals surface area contributed by atoms with Crippen molar-refractivity contribution in [3.8, 4) is 21.9 Å². The second-order valence-corrected chi connectivity index (χ2v) is 6.08. The van der Waals surface area contributed by atoms with E-state index in [1.165, 1.54) is 11.3 Å². The van der Waals surface area contributed by atoms with Gasteiger partial charge in [-0.15, -0.1) is 11.3 Å². The molecule has 1 N–H and O–H groups in total. The van der Waals surface area contributed by atoms with Crippen LogP contribution in [0.25, 0.3) is 10.4 Å². The number of carboxylic acid groups (broad SMARTS) is 1. The van der Waals surface area contributed by atoms with E-state index < -0.39 is 5.97 Å². The number of hydrogen-bond acceptors (Lipinski definition) is 5. The highest BCUT2D eigenvalue weighted by molar-refractivity contribution is 9.11. The summed E-state index contributed by atoms with van der Waals surface area (Å²) in [5.41, 5.74) is 0.790. The van der Waals surface area contributed by atoms with E-state index in [0.29, 0.717) is 33.5 Å². The Bertz CT molecular complexity index is 655. The van der Waals surface area contributed by atoms with Gasteiger partial charge in [0.15, 0.2) is 21.1 Å². The van der Waals surface area contributed by atoms with Gasteiger partial charge in [-0.2, -0.15) is 0 Å². The molecule has 0 fully saturated rings. The molecule has 1 aliphatic rings. The molecule has 0 atom stereocenters. The Morgan fingerprint density at radius 2 is 2.05 bits per heavy atom. The SMILES string of the molecule is O=C(O)c1nc(Br)sc1-c1ccc2c(c1)OCCO2. The van der Waals surface area contributed by atoms with Gasteiger partial charge in [0.1, 0.15) is 13.2 Å². The lowest BCUT2D eigenvalue weighted by Crippen LogP contribution is -2.15. The number of rotatable bonds is 2. The molecule has 2 aromatic rings. The smallest absolute Gasteiger partial charge is 0.356 e. The maximum absolute atomic E-state index is 11.2. The summed E-state index contributed by atoms with van der Waals surface area (Å²) in [7, 11) is 0. The molecule has 0 saturated carbocycles. The second kappa shape index (κ2) is 4.82. The maximum atomic E-state index is 11.2. The number of ether oxygens (including phenoxy) is 2. The lowest BCUT2D eigenvalue weighted by molar-refractivity contribution is 0.0692. The van der Waals surface area contributed by atoms with Gasteiger partial charge in [-0.3, -0.25) is 0 Å². The molecule has 1 aromatic heterocycles. The molecule has 0 saturated heterocycles. The van der Waals surface area contributed by atoms with Crippen molar-refractivity contribution < 1.29 is 19.4 Å². The van der Waals surface area contributed by atoms with Gasteiger partial charge in [-0.1, -0.05) is 0 Å². The van der Waals surface area contributed by atoms with Gasteiger partial charge in [0, 0.05) is 0 Å². The Hall–Kier alpha value is -1.60. The molecule has 5 nitrogen and oxygen atoms in total. The van der Waals surface area contributed by atoms with Gasteiger partial charge in [0.25, 0.3) is 0 Å². The molecule has 19 heavy (non-hydrogen) atoms. The largest absolute Gasteiger partial charge is 0.486 e. The Morgan fingerprint density at radius 1 is 1.32 bits per heavy atom. The summed E-state index contributed by atoms with van der Waals surface area (Å²) in [6.45, 7) is 1.02. The summed E-state index contributed by atoms with van der Waals surface area (Å²) in [6.07, 6.45) is 0. The van der Waals surface area contributed by atoms with E-state index in [-0.39, 0.29) is 5.69 Å². The number of carbonyl (C=O) groups is 1. The third-order valence-corrected chi connectivity index (χ3v) is 4.16. The van der Waals surface area contributed by atoms with Gasteiger partial charge in [-0.25, -0.2) is 9.78 Å². The van der Waals surface area contributed by atoms with E-state index in [4.69, 9.17) is 14.6 Å². The zero-order valence-electron chi connectivity index (χ0n) is 9.55. The van der Waals surface area contributed by atoms with Crippen molar-refractivity contribution in [2.75, 3.05) is 13.2 Å². The van der Waals surface area contributed by atoms with Crippen molar-refractivity contribution in [1.82, 2.24) is 4.98 Å². The van der Waals surface area contributed by atoms with Crippen LogP contribution in [0, 0.1) is 0 Å². The van der Waals surface area contributed by atoms with Crippen molar-refractivity contribution in [3.63, 3.8) is 0 Å². The molecule has 7 heteroatoms. The number of thiazole rings is 1. The first-order valence-electron chi connectivity index (χ1n) is 5.45. The molecule has 3 rings (SSSR count). The summed E-state index contributed by atoms with van der Waals surface area (Å²) in [5, 5.41) is 9.15. The monoisotopic (exact) mass is 341 g/mol. The average molecular weight is 342 g/mol. The Morgan fingerprint density at radius 3 is 2.79 bits per heavy atom. The fraction of sp³-hybridized carbons (Fsp3) is 0.167. The van der Waals surface area contributed by atoms with E-state index in [9.17, 15) is 4.79 Å². The molecule has 2 heterocycles. The number of aromatic carboxylic acids is 1. The van der Waals surface area contributed by atoms with Crippen molar-refractivity contribution in [2.45, 2.75) is 0 Å². The molecular weight excluding hydrogens is 334 g/mol. The molecule has 0 bridgehead atoms. The quantitative estimate of drug-likeness (QED) is 0.909. The first-order valence-corrected chi connectivity index (χ1v) is 7.06. The Labute approximate surface area is 120 Å². The second-order valence-electron chi connectivity index (χ2n) is 3.81. The van der Waals surface area contributed by atoms with Crippen LogP contribution in [0.15, 0.2) is 22.1 Å². The molecule has 0 aliphatic carbocycles. The number of fused-ring (bicyclic) bond motifs is 1. The molecule has 98 valence electrons. The maximum Gasteiger partial charge on any atom is 0.356 e. The van der Waals surface area contributed by atoms with Crippen LogP contribution in [0.1, 0.15) is 10.5 Å². The van der Waals surface area contributed by atoms with Crippen molar-refractivity contribution in [3.05, 3.63) is 27.8 Å². The van der Waals surface area contributed by atoms with E-state index >= 15 is 0 Å². The van der Waals surface area contributed by atoms with Gasteiger partial charge in [0.05, 0.1) is 4.88 Å². The van der Waals surface area contributed by atoms with Crippen LogP contribution in [-0.4, -0.2) is 29.3 Å². The summed E-state index contributed by atoms with van der Waals surface area (Å²) >= 11 is 4.49. The van der Waals surface area contributed by atoms with Crippen LogP contribution in [0.5, 0.6) is 11.5 Å². The highest BCUT2D eigenvalue weighted by Crippen LogP contribution is 2.38. The molecule has 0 amide bonds. The first kappa shape index (κ1) is 12.4. The van der Waals surface area contributed by atoms with Gasteiger partial charge in [-0.05, 0) is 39.7 Å². The van der Waals surface area contributed by atoms with Gasteiger partial charge >= 0.3 is 5.97 Å². The minimum atomic E-state index is -1.05. The summed E-state index contributed by atoms with van der Waals surface area (Å²) in [5.74, 6) is 0.256. The van der Waals surface area contributed by atoms with Crippen LogP contribution < -0.4 is 9.47 Å². The number of nitrogens with zero attached hydrogens (tertiary/aromatic N) is 1. The normalized spacial score (nSPS) is 13.3.